The van der Waals surface area contributed by atoms with Crippen LogP contribution in [0.1, 0.15) is 64.8 Å². The average Bonchev–Trinajstić information content (AvgIpc) is 3.43. The lowest BCUT2D eigenvalue weighted by Crippen LogP contribution is -2.36. The summed E-state index contributed by atoms with van der Waals surface area (Å²) in [5, 5.41) is 39.2. The van der Waals surface area contributed by atoms with Crippen LogP contribution in [0.15, 0.2) is 28.7 Å². The van der Waals surface area contributed by atoms with E-state index in [-0.39, 0.29) is 12.0 Å². The first-order valence-corrected chi connectivity index (χ1v) is 11.7. The number of piperidine rings is 1. The smallest absolute Gasteiger partial charge is 0.414 e. The Kier molecular flexibility index (Phi) is 8.23. The summed E-state index contributed by atoms with van der Waals surface area (Å²) in [6.07, 6.45) is 2.78. The molecule has 4 rings (SSSR count). The van der Waals surface area contributed by atoms with Crippen LogP contribution in [0.5, 0.6) is 0 Å². The largest absolute Gasteiger partial charge is 0.473 e. The first-order valence-electron chi connectivity index (χ1n) is 11.7. The molecule has 1 fully saturated rings. The van der Waals surface area contributed by atoms with Gasteiger partial charge < -0.3 is 24.6 Å². The van der Waals surface area contributed by atoms with Crippen LogP contribution in [0.3, 0.4) is 0 Å². The van der Waals surface area contributed by atoms with E-state index in [1.165, 1.54) is 0 Å². The van der Waals surface area contributed by atoms with E-state index in [9.17, 15) is 5.11 Å². The summed E-state index contributed by atoms with van der Waals surface area (Å²) >= 11 is 0. The predicted octanol–water partition coefficient (Wildman–Crippen LogP) is 3.16. The molecule has 3 N–H and O–H groups in total. The minimum Gasteiger partial charge on any atom is -0.473 e. The number of likely N-dealkylation sites (tertiary alicyclic amines) is 1. The van der Waals surface area contributed by atoms with Gasteiger partial charge in [-0.1, -0.05) is 18.2 Å². The minimum absolute atomic E-state index is 0.254. The maximum Gasteiger partial charge on any atom is 0.414 e. The summed E-state index contributed by atoms with van der Waals surface area (Å²) in [4.78, 5) is 20.6. The normalized spacial score (nSPS) is 15.3. The van der Waals surface area contributed by atoms with Crippen molar-refractivity contribution in [2.75, 3.05) is 19.6 Å². The van der Waals surface area contributed by atoms with Crippen LogP contribution < -0.4 is 0 Å². The van der Waals surface area contributed by atoms with Crippen molar-refractivity contribution in [3.8, 4) is 11.6 Å². The number of nitrogens with zero attached hydrogens (tertiary/aromatic N) is 5. The van der Waals surface area contributed by atoms with Crippen molar-refractivity contribution in [2.24, 2.45) is 0 Å². The molecule has 11 heteroatoms. The molecule has 0 radical (unpaired) electrons. The van der Waals surface area contributed by atoms with Crippen LogP contribution in [0.4, 0.5) is 0 Å². The summed E-state index contributed by atoms with van der Waals surface area (Å²) in [6, 6.07) is 8.43. The second-order valence-electron chi connectivity index (χ2n) is 9.64. The number of carboxylic acids is 2. The highest BCUT2D eigenvalue weighted by Crippen LogP contribution is 2.32. The molecule has 1 aromatic carbocycles. The van der Waals surface area contributed by atoms with E-state index < -0.39 is 17.5 Å². The molecule has 0 spiro atoms. The van der Waals surface area contributed by atoms with Gasteiger partial charge in [0.25, 0.3) is 5.89 Å². The first kappa shape index (κ1) is 26.3. The van der Waals surface area contributed by atoms with Crippen LogP contribution >= 0.6 is 0 Å². The number of fused-ring (bicyclic) bond motifs is 1. The molecule has 1 aliphatic heterocycles. The zero-order valence-corrected chi connectivity index (χ0v) is 20.5. The summed E-state index contributed by atoms with van der Waals surface area (Å²) < 4.78 is 8.11. The SMILES string of the molecule is CC(C)n1nc(-c2nnc(C3CCN(CCC(C)(C)O)CC3)o2)c2ccccc21.O=C(O)C(=O)O. The standard InChI is InChI=1S/C22H31N5O2.C2H2O4/c1-15(2)27-18-8-6-5-7-17(18)19(25-27)21-24-23-20(29-21)16-9-12-26(13-10-16)14-11-22(3,4)28;3-1(4)2(5)6/h5-8,15-16,28H,9-14H2,1-4H3;(H,3,4)(H,5,6). The zero-order chi connectivity index (χ0) is 25.8. The van der Waals surface area contributed by atoms with Gasteiger partial charge in [-0.15, -0.1) is 10.2 Å². The summed E-state index contributed by atoms with van der Waals surface area (Å²) in [7, 11) is 0. The van der Waals surface area contributed by atoms with E-state index in [0.29, 0.717) is 11.8 Å². The number of carbonyl (C=O) groups is 2. The Labute approximate surface area is 203 Å². The summed E-state index contributed by atoms with van der Waals surface area (Å²) in [6.45, 7) is 10.9. The molecule has 1 aliphatic rings. The molecule has 1 saturated heterocycles. The Morgan fingerprint density at radius 1 is 1.11 bits per heavy atom. The van der Waals surface area contributed by atoms with Gasteiger partial charge in [0.05, 0.1) is 11.1 Å². The van der Waals surface area contributed by atoms with E-state index in [0.717, 1.165) is 55.5 Å². The topological polar surface area (TPSA) is 155 Å². The second-order valence-corrected chi connectivity index (χ2v) is 9.64. The number of aromatic nitrogens is 4. The third-order valence-electron chi connectivity index (χ3n) is 5.91. The van der Waals surface area contributed by atoms with Gasteiger partial charge in [-0.05, 0) is 66.1 Å². The lowest BCUT2D eigenvalue weighted by Gasteiger charge is -2.32. The van der Waals surface area contributed by atoms with Crippen molar-refractivity contribution >= 4 is 22.8 Å². The molecular formula is C24H33N5O6. The molecule has 0 aliphatic carbocycles. The van der Waals surface area contributed by atoms with Crippen LogP contribution in [0, 0.1) is 0 Å². The molecule has 0 saturated carbocycles. The number of hydrogen-bond acceptors (Lipinski definition) is 8. The van der Waals surface area contributed by atoms with E-state index in [2.05, 4.69) is 41.1 Å². The molecule has 0 atom stereocenters. The van der Waals surface area contributed by atoms with Gasteiger partial charge in [0.1, 0.15) is 0 Å². The average molecular weight is 488 g/mol. The lowest BCUT2D eigenvalue weighted by atomic mass is 9.96. The highest BCUT2D eigenvalue weighted by atomic mass is 16.4. The van der Waals surface area contributed by atoms with E-state index in [1.807, 2.05) is 30.7 Å². The molecule has 2 aromatic heterocycles. The van der Waals surface area contributed by atoms with Crippen molar-refractivity contribution in [3.63, 3.8) is 0 Å². The van der Waals surface area contributed by atoms with Gasteiger partial charge in [-0.25, -0.2) is 9.59 Å². The maximum absolute atomic E-state index is 9.93. The third kappa shape index (κ3) is 6.86. The number of benzene rings is 1. The highest BCUT2D eigenvalue weighted by molar-refractivity contribution is 6.27. The monoisotopic (exact) mass is 487 g/mol. The lowest BCUT2D eigenvalue weighted by molar-refractivity contribution is -0.159. The van der Waals surface area contributed by atoms with Gasteiger partial charge in [-0.3, -0.25) is 4.68 Å². The Morgan fingerprint density at radius 2 is 1.74 bits per heavy atom. The maximum atomic E-state index is 9.93. The highest BCUT2D eigenvalue weighted by Gasteiger charge is 2.27. The second kappa shape index (κ2) is 11.0. The Morgan fingerprint density at radius 3 is 2.31 bits per heavy atom. The molecule has 3 heterocycles. The van der Waals surface area contributed by atoms with Crippen LogP contribution in [0.2, 0.25) is 0 Å². The predicted molar refractivity (Wildman–Crippen MR) is 128 cm³/mol. The van der Waals surface area contributed by atoms with Gasteiger partial charge in [0.15, 0.2) is 5.69 Å². The van der Waals surface area contributed by atoms with Crippen LogP contribution in [0.25, 0.3) is 22.5 Å². The van der Waals surface area contributed by atoms with Gasteiger partial charge >= 0.3 is 11.9 Å². The third-order valence-corrected chi connectivity index (χ3v) is 5.91. The molecule has 0 amide bonds. The molecule has 3 aromatic rings. The quantitative estimate of drug-likeness (QED) is 0.442. The number of aliphatic carboxylic acids is 2. The van der Waals surface area contributed by atoms with Crippen LogP contribution in [-0.4, -0.2) is 77.4 Å². The van der Waals surface area contributed by atoms with E-state index in [4.69, 9.17) is 29.3 Å². The fourth-order valence-corrected chi connectivity index (χ4v) is 3.97. The van der Waals surface area contributed by atoms with E-state index in [1.54, 1.807) is 0 Å². The summed E-state index contributed by atoms with van der Waals surface area (Å²) in [5.74, 6) is -2.15. The zero-order valence-electron chi connectivity index (χ0n) is 20.5. The number of carboxylic acid groups (broad SMARTS) is 2. The molecule has 35 heavy (non-hydrogen) atoms. The summed E-state index contributed by atoms with van der Waals surface area (Å²) in [5.41, 5.74) is 1.23. The Hall–Kier alpha value is -3.31. The Bertz CT molecular complexity index is 1140. The molecular weight excluding hydrogens is 454 g/mol. The molecule has 11 nitrogen and oxygen atoms in total. The molecule has 0 bridgehead atoms. The first-order chi connectivity index (χ1) is 16.5. The van der Waals surface area contributed by atoms with Crippen LogP contribution in [-0.2, 0) is 9.59 Å². The minimum atomic E-state index is -1.82. The van der Waals surface area contributed by atoms with Gasteiger partial charge in [0, 0.05) is 23.9 Å². The number of rotatable bonds is 6. The van der Waals surface area contributed by atoms with Crippen molar-refractivity contribution in [2.45, 2.75) is 64.5 Å². The van der Waals surface area contributed by atoms with E-state index >= 15 is 0 Å². The van der Waals surface area contributed by atoms with Crippen molar-refractivity contribution in [3.05, 3.63) is 30.2 Å². The fraction of sp³-hybridized carbons (Fsp3) is 0.542. The van der Waals surface area contributed by atoms with Crippen molar-refractivity contribution in [1.29, 1.82) is 0 Å². The van der Waals surface area contributed by atoms with Crippen molar-refractivity contribution < 1.29 is 29.3 Å². The number of para-hydroxylation sites is 1. The number of aliphatic hydroxyl groups is 1. The Balaban J connectivity index is 0.000000509. The van der Waals surface area contributed by atoms with Crippen molar-refractivity contribution in [1.82, 2.24) is 24.9 Å². The fourth-order valence-electron chi connectivity index (χ4n) is 3.97. The number of hydrogen-bond donors (Lipinski definition) is 3. The molecule has 0 unspecified atom stereocenters. The molecule has 190 valence electrons. The van der Waals surface area contributed by atoms with Gasteiger partial charge in [-0.2, -0.15) is 5.10 Å². The van der Waals surface area contributed by atoms with Gasteiger partial charge in [0.2, 0.25) is 5.89 Å².